The molecular formula is C33H20Br2N2. The number of fused-ring (bicyclic) bond motifs is 3. The first-order valence-electron chi connectivity index (χ1n) is 11.9. The van der Waals surface area contributed by atoms with Crippen LogP contribution in [0.5, 0.6) is 0 Å². The van der Waals surface area contributed by atoms with Gasteiger partial charge in [0, 0.05) is 31.0 Å². The highest BCUT2D eigenvalue weighted by atomic mass is 79.9. The van der Waals surface area contributed by atoms with Gasteiger partial charge in [-0.3, -0.25) is 0 Å². The van der Waals surface area contributed by atoms with E-state index in [-0.39, 0.29) is 0 Å². The van der Waals surface area contributed by atoms with Gasteiger partial charge in [0.1, 0.15) is 6.07 Å². The Morgan fingerprint density at radius 1 is 0.568 bits per heavy atom. The summed E-state index contributed by atoms with van der Waals surface area (Å²) in [6.07, 6.45) is 0. The standard InChI is InChI=1S/C33H20Br2N2/c34-25-13-17-31-28(19-25)29-20-26(35)14-18-32(29)37(31)27-15-11-22(12-16-27)30(21-36)33(23-7-3-1-4-8-23)24-9-5-2-6-10-24/h1-20H. The maximum Gasteiger partial charge on any atom is 0.100 e. The lowest BCUT2D eigenvalue weighted by molar-refractivity contribution is 1.18. The third-order valence-corrected chi connectivity index (χ3v) is 7.58. The molecule has 0 spiro atoms. The summed E-state index contributed by atoms with van der Waals surface area (Å²) in [5.74, 6) is 0. The fraction of sp³-hybridized carbons (Fsp3) is 0. The smallest absolute Gasteiger partial charge is 0.100 e. The average molecular weight is 604 g/mol. The van der Waals surface area contributed by atoms with Crippen LogP contribution in [0.15, 0.2) is 130 Å². The number of halogens is 2. The van der Waals surface area contributed by atoms with Gasteiger partial charge in [0.15, 0.2) is 0 Å². The number of aromatic nitrogens is 1. The second-order valence-corrected chi connectivity index (χ2v) is 10.6. The van der Waals surface area contributed by atoms with E-state index in [1.165, 1.54) is 10.8 Å². The lowest BCUT2D eigenvalue weighted by atomic mass is 9.90. The summed E-state index contributed by atoms with van der Waals surface area (Å²) >= 11 is 7.26. The summed E-state index contributed by atoms with van der Waals surface area (Å²) in [6.45, 7) is 0. The van der Waals surface area contributed by atoms with E-state index in [1.54, 1.807) is 0 Å². The Morgan fingerprint density at radius 3 is 1.51 bits per heavy atom. The Labute approximate surface area is 232 Å². The van der Waals surface area contributed by atoms with Gasteiger partial charge in [-0.25, -0.2) is 0 Å². The van der Waals surface area contributed by atoms with Crippen LogP contribution in [0.4, 0.5) is 0 Å². The highest BCUT2D eigenvalue weighted by Gasteiger charge is 2.16. The molecule has 176 valence electrons. The lowest BCUT2D eigenvalue weighted by Crippen LogP contribution is -1.96. The van der Waals surface area contributed by atoms with E-state index >= 15 is 0 Å². The molecule has 0 amide bonds. The van der Waals surface area contributed by atoms with E-state index in [2.05, 4.69) is 127 Å². The van der Waals surface area contributed by atoms with Crippen LogP contribution < -0.4 is 0 Å². The van der Waals surface area contributed by atoms with Crippen molar-refractivity contribution in [2.45, 2.75) is 0 Å². The van der Waals surface area contributed by atoms with E-state index in [9.17, 15) is 5.26 Å². The van der Waals surface area contributed by atoms with Crippen molar-refractivity contribution >= 4 is 64.8 Å². The first-order valence-corrected chi connectivity index (χ1v) is 13.5. The fourth-order valence-electron chi connectivity index (χ4n) is 4.95. The van der Waals surface area contributed by atoms with Gasteiger partial charge in [-0.1, -0.05) is 105 Å². The number of hydrogen-bond donors (Lipinski definition) is 0. The average Bonchev–Trinajstić information content (AvgIpc) is 3.25. The van der Waals surface area contributed by atoms with Gasteiger partial charge in [-0.2, -0.15) is 5.26 Å². The van der Waals surface area contributed by atoms with Crippen molar-refractivity contribution in [3.63, 3.8) is 0 Å². The Bertz CT molecular complexity index is 1720. The minimum atomic E-state index is 0.652. The van der Waals surface area contributed by atoms with Gasteiger partial charge in [0.2, 0.25) is 0 Å². The molecule has 6 aromatic rings. The van der Waals surface area contributed by atoms with Crippen molar-refractivity contribution in [2.75, 3.05) is 0 Å². The Hall–Kier alpha value is -3.91. The zero-order valence-corrected chi connectivity index (χ0v) is 22.9. The number of nitriles is 1. The molecule has 0 saturated carbocycles. The van der Waals surface area contributed by atoms with E-state index in [0.717, 1.165) is 47.9 Å². The van der Waals surface area contributed by atoms with Crippen molar-refractivity contribution in [3.8, 4) is 11.8 Å². The van der Waals surface area contributed by atoms with E-state index in [0.29, 0.717) is 5.57 Å². The van der Waals surface area contributed by atoms with E-state index in [1.807, 2.05) is 36.4 Å². The molecule has 0 unspecified atom stereocenters. The molecule has 2 nitrogen and oxygen atoms in total. The minimum Gasteiger partial charge on any atom is -0.309 e. The number of nitrogens with zero attached hydrogens (tertiary/aromatic N) is 2. The normalized spacial score (nSPS) is 10.9. The summed E-state index contributed by atoms with van der Waals surface area (Å²) in [7, 11) is 0. The molecule has 37 heavy (non-hydrogen) atoms. The topological polar surface area (TPSA) is 28.7 Å². The predicted octanol–water partition coefficient (Wildman–Crippen LogP) is 9.79. The molecule has 6 rings (SSSR count). The summed E-state index contributed by atoms with van der Waals surface area (Å²) < 4.78 is 4.37. The molecule has 4 heteroatoms. The Morgan fingerprint density at radius 2 is 1.05 bits per heavy atom. The van der Waals surface area contributed by atoms with Crippen LogP contribution in [-0.4, -0.2) is 4.57 Å². The van der Waals surface area contributed by atoms with Gasteiger partial charge in [0.25, 0.3) is 0 Å². The van der Waals surface area contributed by atoms with Crippen molar-refractivity contribution in [1.82, 2.24) is 4.57 Å². The van der Waals surface area contributed by atoms with Gasteiger partial charge in [0.05, 0.1) is 16.6 Å². The molecule has 1 aromatic heterocycles. The van der Waals surface area contributed by atoms with E-state index < -0.39 is 0 Å². The van der Waals surface area contributed by atoms with Gasteiger partial charge >= 0.3 is 0 Å². The lowest BCUT2D eigenvalue weighted by Gasteiger charge is -2.13. The minimum absolute atomic E-state index is 0.652. The molecule has 0 fully saturated rings. The van der Waals surface area contributed by atoms with Gasteiger partial charge in [-0.05, 0) is 65.2 Å². The number of allylic oxidation sites excluding steroid dienone is 1. The SMILES string of the molecule is N#CC(=C(c1ccccc1)c1ccccc1)c1ccc(-n2c3ccc(Br)cc3c3cc(Br)ccc32)cc1. The van der Waals surface area contributed by atoms with Crippen LogP contribution in [0.25, 0.3) is 38.6 Å². The van der Waals surface area contributed by atoms with Crippen LogP contribution in [0.3, 0.4) is 0 Å². The summed E-state index contributed by atoms with van der Waals surface area (Å²) in [6, 6.07) is 43.8. The van der Waals surface area contributed by atoms with Crippen LogP contribution >= 0.6 is 31.9 Å². The van der Waals surface area contributed by atoms with Crippen LogP contribution in [0, 0.1) is 11.3 Å². The Balaban J connectivity index is 1.54. The first-order chi connectivity index (χ1) is 18.1. The van der Waals surface area contributed by atoms with E-state index in [4.69, 9.17) is 0 Å². The van der Waals surface area contributed by atoms with Gasteiger partial charge in [-0.15, -0.1) is 0 Å². The highest BCUT2D eigenvalue weighted by Crippen LogP contribution is 2.36. The second kappa shape index (κ2) is 9.86. The first kappa shape index (κ1) is 23.5. The third kappa shape index (κ3) is 4.31. The second-order valence-electron chi connectivity index (χ2n) is 8.80. The molecular weight excluding hydrogens is 584 g/mol. The maximum atomic E-state index is 10.3. The zero-order chi connectivity index (χ0) is 25.4. The molecule has 0 bridgehead atoms. The molecule has 1 heterocycles. The maximum absolute atomic E-state index is 10.3. The molecule has 0 radical (unpaired) electrons. The predicted molar refractivity (Wildman–Crippen MR) is 161 cm³/mol. The van der Waals surface area contributed by atoms with Crippen molar-refractivity contribution in [3.05, 3.63) is 147 Å². The van der Waals surface area contributed by atoms with Crippen molar-refractivity contribution < 1.29 is 0 Å². The molecule has 0 aliphatic carbocycles. The molecule has 0 aliphatic heterocycles. The summed E-state index contributed by atoms with van der Waals surface area (Å²) in [5, 5.41) is 12.7. The van der Waals surface area contributed by atoms with Crippen LogP contribution in [0.2, 0.25) is 0 Å². The highest BCUT2D eigenvalue weighted by molar-refractivity contribution is 9.10. The fourth-order valence-corrected chi connectivity index (χ4v) is 5.68. The van der Waals surface area contributed by atoms with Crippen molar-refractivity contribution in [2.24, 2.45) is 0 Å². The number of benzene rings is 5. The summed E-state index contributed by atoms with van der Waals surface area (Å²) in [4.78, 5) is 0. The molecule has 5 aromatic carbocycles. The zero-order valence-electron chi connectivity index (χ0n) is 19.7. The van der Waals surface area contributed by atoms with Gasteiger partial charge < -0.3 is 4.57 Å². The largest absolute Gasteiger partial charge is 0.309 e. The monoisotopic (exact) mass is 602 g/mol. The number of hydrogen-bond acceptors (Lipinski definition) is 1. The van der Waals surface area contributed by atoms with Crippen molar-refractivity contribution in [1.29, 1.82) is 5.26 Å². The molecule has 0 aliphatic rings. The van der Waals surface area contributed by atoms with Crippen LogP contribution in [-0.2, 0) is 0 Å². The van der Waals surface area contributed by atoms with Crippen LogP contribution in [0.1, 0.15) is 16.7 Å². The molecule has 0 N–H and O–H groups in total. The molecule has 0 saturated heterocycles. The Kier molecular flexibility index (Phi) is 6.26. The quantitative estimate of drug-likeness (QED) is 0.146. The summed E-state index contributed by atoms with van der Waals surface area (Å²) in [5.41, 5.74) is 7.83. The third-order valence-electron chi connectivity index (χ3n) is 6.59. The molecule has 0 atom stereocenters. The number of rotatable bonds is 4.